The topological polar surface area (TPSA) is 105 Å². The molecule has 0 aliphatic carbocycles. The molecule has 2 aliphatic heterocycles. The molecule has 2 heterocycles. The van der Waals surface area contributed by atoms with Crippen LogP contribution in [0.4, 0.5) is 10.5 Å². The van der Waals surface area contributed by atoms with Crippen molar-refractivity contribution in [3.05, 3.63) is 65.1 Å². The number of anilines is 1. The second-order valence-electron chi connectivity index (χ2n) is 7.53. The van der Waals surface area contributed by atoms with Crippen LogP contribution in [0.15, 0.2) is 59.5 Å². The van der Waals surface area contributed by atoms with Crippen LogP contribution in [0.1, 0.15) is 5.56 Å². The number of para-hydroxylation sites is 1. The molecule has 0 spiro atoms. The maximum absolute atomic E-state index is 12.7. The second kappa shape index (κ2) is 11.0. The van der Waals surface area contributed by atoms with Crippen LogP contribution in [0.25, 0.3) is 6.08 Å². The zero-order valence-corrected chi connectivity index (χ0v) is 19.1. The molecule has 0 aromatic heterocycles. The lowest BCUT2D eigenvalue weighted by atomic mass is 10.2. The van der Waals surface area contributed by atoms with Gasteiger partial charge in [0.25, 0.3) is 17.1 Å². The minimum Gasteiger partial charge on any atom is -0.484 e. The number of nitrogens with zero attached hydrogens (tertiary/aromatic N) is 2. The van der Waals surface area contributed by atoms with Crippen LogP contribution in [0.5, 0.6) is 5.75 Å². The summed E-state index contributed by atoms with van der Waals surface area (Å²) in [6.45, 7) is 1.38. The average molecular weight is 482 g/mol. The first-order valence-electron chi connectivity index (χ1n) is 10.7. The number of thioether (sulfide) groups is 1. The number of imide groups is 1. The Balaban J connectivity index is 1.31. The molecule has 176 valence electrons. The number of ether oxygens (including phenoxy) is 2. The fraction of sp³-hybridized carbons (Fsp3) is 0.250. The molecule has 34 heavy (non-hydrogen) atoms. The van der Waals surface area contributed by atoms with Gasteiger partial charge in [-0.05, 0) is 47.7 Å². The Morgan fingerprint density at radius 1 is 1.03 bits per heavy atom. The summed E-state index contributed by atoms with van der Waals surface area (Å²) in [4.78, 5) is 52.2. The number of hydrogen-bond acceptors (Lipinski definition) is 7. The standard InChI is InChI=1S/C24H23N3O6S/c28-21(25-18-4-2-1-3-5-18)16-33-19-8-6-17(7-9-19)14-20-23(30)27(24(31)34-20)15-22(29)26-10-12-32-13-11-26/h1-9,14H,10-13,15-16H2,(H,25,28)/b20-14+. The van der Waals surface area contributed by atoms with Gasteiger partial charge < -0.3 is 19.7 Å². The summed E-state index contributed by atoms with van der Waals surface area (Å²) in [7, 11) is 0. The Bertz CT molecular complexity index is 1100. The van der Waals surface area contributed by atoms with Gasteiger partial charge in [-0.1, -0.05) is 30.3 Å². The van der Waals surface area contributed by atoms with Gasteiger partial charge >= 0.3 is 0 Å². The molecule has 0 unspecified atom stereocenters. The third-order valence-corrected chi connectivity index (χ3v) is 6.04. The van der Waals surface area contributed by atoms with Crippen LogP contribution >= 0.6 is 11.8 Å². The first-order valence-corrected chi connectivity index (χ1v) is 11.5. The highest BCUT2D eigenvalue weighted by Gasteiger charge is 2.37. The molecule has 0 radical (unpaired) electrons. The van der Waals surface area contributed by atoms with E-state index in [4.69, 9.17) is 9.47 Å². The number of rotatable bonds is 7. The van der Waals surface area contributed by atoms with E-state index >= 15 is 0 Å². The van der Waals surface area contributed by atoms with Gasteiger partial charge in [0.15, 0.2) is 6.61 Å². The zero-order valence-electron chi connectivity index (χ0n) is 18.3. The molecule has 2 saturated heterocycles. The fourth-order valence-electron chi connectivity index (χ4n) is 3.36. The van der Waals surface area contributed by atoms with Crippen molar-refractivity contribution in [1.29, 1.82) is 0 Å². The molecule has 4 amide bonds. The number of nitrogens with one attached hydrogen (secondary N) is 1. The Morgan fingerprint density at radius 2 is 1.74 bits per heavy atom. The Labute approximate surface area is 200 Å². The van der Waals surface area contributed by atoms with Crippen molar-refractivity contribution >= 4 is 46.5 Å². The molecule has 4 rings (SSSR count). The zero-order chi connectivity index (χ0) is 23.9. The van der Waals surface area contributed by atoms with E-state index in [-0.39, 0.29) is 29.9 Å². The number of amides is 4. The van der Waals surface area contributed by atoms with Crippen LogP contribution in [-0.4, -0.2) is 72.2 Å². The van der Waals surface area contributed by atoms with Crippen molar-refractivity contribution in [1.82, 2.24) is 9.80 Å². The summed E-state index contributed by atoms with van der Waals surface area (Å²) >= 11 is 0.803. The predicted octanol–water partition coefficient (Wildman–Crippen LogP) is 2.60. The normalized spacial score (nSPS) is 17.2. The van der Waals surface area contributed by atoms with E-state index in [2.05, 4.69) is 5.32 Å². The van der Waals surface area contributed by atoms with Crippen LogP contribution < -0.4 is 10.1 Å². The number of carbonyl (C=O) groups excluding carboxylic acids is 4. The molecular weight excluding hydrogens is 458 g/mol. The van der Waals surface area contributed by atoms with Crippen LogP contribution in [0, 0.1) is 0 Å². The van der Waals surface area contributed by atoms with E-state index in [0.29, 0.717) is 43.3 Å². The second-order valence-corrected chi connectivity index (χ2v) is 8.53. The van der Waals surface area contributed by atoms with Crippen molar-refractivity contribution < 1.29 is 28.7 Å². The first kappa shape index (κ1) is 23.5. The number of carbonyl (C=O) groups is 4. The number of benzene rings is 2. The molecule has 2 aliphatic rings. The van der Waals surface area contributed by atoms with Crippen molar-refractivity contribution in [3.8, 4) is 5.75 Å². The van der Waals surface area contributed by atoms with Crippen molar-refractivity contribution in [3.63, 3.8) is 0 Å². The molecule has 0 bridgehead atoms. The van der Waals surface area contributed by atoms with Gasteiger partial charge in [0.05, 0.1) is 18.1 Å². The number of morpholine rings is 1. The minimum absolute atomic E-state index is 0.149. The van der Waals surface area contributed by atoms with E-state index in [1.54, 1.807) is 47.4 Å². The largest absolute Gasteiger partial charge is 0.484 e. The molecule has 0 saturated carbocycles. The molecule has 2 fully saturated rings. The lowest BCUT2D eigenvalue weighted by Crippen LogP contribution is -2.46. The smallest absolute Gasteiger partial charge is 0.294 e. The fourth-order valence-corrected chi connectivity index (χ4v) is 4.20. The maximum Gasteiger partial charge on any atom is 0.294 e. The molecule has 2 aromatic rings. The van der Waals surface area contributed by atoms with Gasteiger partial charge in [-0.2, -0.15) is 0 Å². The SMILES string of the molecule is O=C(COc1ccc(/C=C2/SC(=O)N(CC(=O)N3CCOCC3)C2=O)cc1)Nc1ccccc1. The Morgan fingerprint density at radius 3 is 2.44 bits per heavy atom. The molecule has 10 heteroatoms. The van der Waals surface area contributed by atoms with E-state index in [1.165, 1.54) is 0 Å². The van der Waals surface area contributed by atoms with Crippen LogP contribution in [0.3, 0.4) is 0 Å². The van der Waals surface area contributed by atoms with Crippen molar-refractivity contribution in [2.24, 2.45) is 0 Å². The minimum atomic E-state index is -0.491. The summed E-state index contributed by atoms with van der Waals surface area (Å²) < 4.78 is 10.7. The highest BCUT2D eigenvalue weighted by molar-refractivity contribution is 8.18. The summed E-state index contributed by atoms with van der Waals surface area (Å²) in [5.41, 5.74) is 1.37. The van der Waals surface area contributed by atoms with Gasteiger partial charge in [-0.3, -0.25) is 24.1 Å². The van der Waals surface area contributed by atoms with E-state index in [9.17, 15) is 19.2 Å². The molecule has 2 aromatic carbocycles. The van der Waals surface area contributed by atoms with Gasteiger partial charge in [0.1, 0.15) is 12.3 Å². The molecule has 0 atom stereocenters. The highest BCUT2D eigenvalue weighted by atomic mass is 32.2. The third-order valence-electron chi connectivity index (χ3n) is 5.14. The molecular formula is C24H23N3O6S. The third kappa shape index (κ3) is 6.03. The quantitative estimate of drug-likeness (QED) is 0.606. The lowest BCUT2D eigenvalue weighted by Gasteiger charge is -2.28. The summed E-state index contributed by atoms with van der Waals surface area (Å²) in [6, 6.07) is 15.9. The van der Waals surface area contributed by atoms with E-state index in [1.807, 2.05) is 18.2 Å². The Kier molecular flexibility index (Phi) is 7.61. The maximum atomic E-state index is 12.7. The van der Waals surface area contributed by atoms with Crippen LogP contribution in [0.2, 0.25) is 0 Å². The molecule has 9 nitrogen and oxygen atoms in total. The van der Waals surface area contributed by atoms with Gasteiger partial charge in [0, 0.05) is 18.8 Å². The van der Waals surface area contributed by atoms with Gasteiger partial charge in [-0.25, -0.2) is 0 Å². The predicted molar refractivity (Wildman–Crippen MR) is 127 cm³/mol. The lowest BCUT2D eigenvalue weighted by molar-refractivity contribution is -0.139. The number of hydrogen-bond donors (Lipinski definition) is 1. The van der Waals surface area contributed by atoms with E-state index in [0.717, 1.165) is 16.7 Å². The average Bonchev–Trinajstić information content (AvgIpc) is 3.12. The van der Waals surface area contributed by atoms with Crippen molar-refractivity contribution in [2.75, 3.05) is 44.8 Å². The van der Waals surface area contributed by atoms with Crippen molar-refractivity contribution in [2.45, 2.75) is 0 Å². The highest BCUT2D eigenvalue weighted by Crippen LogP contribution is 2.32. The molecule has 1 N–H and O–H groups in total. The van der Waals surface area contributed by atoms with Gasteiger partial charge in [0.2, 0.25) is 5.91 Å². The first-order chi connectivity index (χ1) is 16.5. The van der Waals surface area contributed by atoms with Gasteiger partial charge in [-0.15, -0.1) is 0 Å². The van der Waals surface area contributed by atoms with Crippen LogP contribution in [-0.2, 0) is 19.1 Å². The summed E-state index contributed by atoms with van der Waals surface area (Å²) in [6.07, 6.45) is 1.59. The van der Waals surface area contributed by atoms with E-state index < -0.39 is 11.1 Å². The summed E-state index contributed by atoms with van der Waals surface area (Å²) in [5.74, 6) is -0.556. The Hall–Kier alpha value is -3.63. The monoisotopic (exact) mass is 481 g/mol. The summed E-state index contributed by atoms with van der Waals surface area (Å²) in [5, 5.41) is 2.27.